The van der Waals surface area contributed by atoms with Gasteiger partial charge in [-0.15, -0.1) is 0 Å². The molecule has 31 heavy (non-hydrogen) atoms. The topological polar surface area (TPSA) is 107 Å². The molecule has 0 saturated heterocycles. The molecule has 8 nitrogen and oxygen atoms in total. The second kappa shape index (κ2) is 8.57. The third kappa shape index (κ3) is 5.07. The highest BCUT2D eigenvalue weighted by atomic mass is 32.2. The van der Waals surface area contributed by atoms with Crippen molar-refractivity contribution < 1.29 is 17.7 Å². The number of carbonyl (C=O) groups is 1. The Labute approximate surface area is 179 Å². The highest BCUT2D eigenvalue weighted by Crippen LogP contribution is 2.23. The molecule has 0 fully saturated rings. The first-order valence-corrected chi connectivity index (χ1v) is 11.6. The minimum atomic E-state index is -3.27. The zero-order valence-corrected chi connectivity index (χ0v) is 17.5. The van der Waals surface area contributed by atoms with Gasteiger partial charge < -0.3 is 9.84 Å². The van der Waals surface area contributed by atoms with Gasteiger partial charge in [-0.25, -0.2) is 8.42 Å². The fraction of sp³-hybridized carbons (Fsp3) is 0.136. The molecule has 1 N–H and O–H groups in total. The highest BCUT2D eigenvalue weighted by Gasteiger charge is 2.21. The fourth-order valence-corrected chi connectivity index (χ4v) is 4.09. The standard InChI is InChI=1S/C22H20N4O4S/c1-31(28,29)15-20(16-8-4-2-5-9-16)26-14-18(13-23-26)24-22(27)19-12-21(30-25-19)17-10-6-3-7-11-17/h2-14,20H,15H2,1H3,(H,24,27). The van der Waals surface area contributed by atoms with Crippen LogP contribution < -0.4 is 5.32 Å². The fourth-order valence-electron chi connectivity index (χ4n) is 3.18. The number of benzene rings is 2. The number of hydrogen-bond donors (Lipinski definition) is 1. The molecule has 2 aromatic carbocycles. The van der Waals surface area contributed by atoms with Crippen LogP contribution in [-0.4, -0.2) is 41.3 Å². The quantitative estimate of drug-likeness (QED) is 0.476. The molecule has 2 aromatic heterocycles. The Morgan fingerprint density at radius 1 is 1.10 bits per heavy atom. The van der Waals surface area contributed by atoms with E-state index in [4.69, 9.17) is 4.52 Å². The molecule has 158 valence electrons. The summed E-state index contributed by atoms with van der Waals surface area (Å²) in [7, 11) is -3.27. The monoisotopic (exact) mass is 436 g/mol. The van der Waals surface area contributed by atoms with Gasteiger partial charge in [0.05, 0.1) is 23.7 Å². The summed E-state index contributed by atoms with van der Waals surface area (Å²) in [5.41, 5.74) is 2.16. The molecule has 0 aliphatic carbocycles. The van der Waals surface area contributed by atoms with Gasteiger partial charge >= 0.3 is 0 Å². The van der Waals surface area contributed by atoms with Gasteiger partial charge in [-0.05, 0) is 5.56 Å². The van der Waals surface area contributed by atoms with Crippen molar-refractivity contribution in [3.05, 3.63) is 90.4 Å². The maximum absolute atomic E-state index is 12.6. The van der Waals surface area contributed by atoms with Crippen LogP contribution in [0.15, 0.2) is 83.6 Å². The molecule has 0 bridgehead atoms. The second-order valence-electron chi connectivity index (χ2n) is 7.12. The molecule has 4 rings (SSSR count). The largest absolute Gasteiger partial charge is 0.355 e. The Bertz CT molecular complexity index is 1280. The van der Waals surface area contributed by atoms with Crippen LogP contribution in [0.2, 0.25) is 0 Å². The van der Waals surface area contributed by atoms with Gasteiger partial charge in [0, 0.05) is 24.1 Å². The van der Waals surface area contributed by atoms with Crippen LogP contribution >= 0.6 is 0 Å². The number of sulfone groups is 1. The van der Waals surface area contributed by atoms with Crippen molar-refractivity contribution in [3.8, 4) is 11.3 Å². The van der Waals surface area contributed by atoms with Crippen LogP contribution in [0.3, 0.4) is 0 Å². The van der Waals surface area contributed by atoms with Crippen LogP contribution in [0.25, 0.3) is 11.3 Å². The van der Waals surface area contributed by atoms with E-state index >= 15 is 0 Å². The summed E-state index contributed by atoms with van der Waals surface area (Å²) < 4.78 is 30.7. The van der Waals surface area contributed by atoms with Gasteiger partial charge in [-0.2, -0.15) is 5.10 Å². The average molecular weight is 436 g/mol. The lowest BCUT2D eigenvalue weighted by Gasteiger charge is -2.17. The van der Waals surface area contributed by atoms with Crippen molar-refractivity contribution in [3.63, 3.8) is 0 Å². The van der Waals surface area contributed by atoms with Crippen LogP contribution in [0.4, 0.5) is 5.69 Å². The van der Waals surface area contributed by atoms with E-state index in [2.05, 4.69) is 15.6 Å². The van der Waals surface area contributed by atoms with Crippen molar-refractivity contribution in [1.82, 2.24) is 14.9 Å². The zero-order chi connectivity index (χ0) is 21.8. The number of hydrogen-bond acceptors (Lipinski definition) is 6. The number of nitrogens with one attached hydrogen (secondary N) is 1. The Morgan fingerprint density at radius 3 is 2.45 bits per heavy atom. The van der Waals surface area contributed by atoms with Crippen molar-refractivity contribution in [2.45, 2.75) is 6.04 Å². The van der Waals surface area contributed by atoms with E-state index in [0.29, 0.717) is 11.4 Å². The molecular weight excluding hydrogens is 416 g/mol. The van der Waals surface area contributed by atoms with E-state index in [1.165, 1.54) is 17.1 Å². The molecule has 4 aromatic rings. The number of aromatic nitrogens is 3. The average Bonchev–Trinajstić information content (AvgIpc) is 3.43. The number of anilines is 1. The van der Waals surface area contributed by atoms with Crippen LogP contribution in [-0.2, 0) is 9.84 Å². The first kappa shape index (κ1) is 20.5. The molecule has 0 spiro atoms. The lowest BCUT2D eigenvalue weighted by Crippen LogP contribution is -2.21. The van der Waals surface area contributed by atoms with Crippen molar-refractivity contribution in [2.75, 3.05) is 17.3 Å². The van der Waals surface area contributed by atoms with Crippen LogP contribution in [0.1, 0.15) is 22.1 Å². The van der Waals surface area contributed by atoms with Gasteiger partial charge in [0.25, 0.3) is 5.91 Å². The smallest absolute Gasteiger partial charge is 0.277 e. The number of rotatable bonds is 7. The van der Waals surface area contributed by atoms with E-state index in [1.54, 1.807) is 12.3 Å². The molecule has 0 saturated carbocycles. The summed E-state index contributed by atoms with van der Waals surface area (Å²) in [5, 5.41) is 10.8. The number of nitrogens with zero attached hydrogens (tertiary/aromatic N) is 3. The predicted molar refractivity (Wildman–Crippen MR) is 116 cm³/mol. The molecule has 9 heteroatoms. The minimum Gasteiger partial charge on any atom is -0.355 e. The molecule has 0 aliphatic heterocycles. The first-order chi connectivity index (χ1) is 14.9. The van der Waals surface area contributed by atoms with Gasteiger partial charge in [0.15, 0.2) is 11.5 Å². The third-order valence-corrected chi connectivity index (χ3v) is 5.55. The number of amides is 1. The van der Waals surface area contributed by atoms with E-state index in [-0.39, 0.29) is 11.4 Å². The van der Waals surface area contributed by atoms with E-state index in [0.717, 1.165) is 11.1 Å². The zero-order valence-electron chi connectivity index (χ0n) is 16.7. The predicted octanol–water partition coefficient (Wildman–Crippen LogP) is 3.42. The molecule has 0 aliphatic rings. The van der Waals surface area contributed by atoms with Gasteiger partial charge in [0.1, 0.15) is 9.84 Å². The lowest BCUT2D eigenvalue weighted by atomic mass is 10.1. The molecule has 2 heterocycles. The van der Waals surface area contributed by atoms with Crippen molar-refractivity contribution in [1.29, 1.82) is 0 Å². The molecule has 1 unspecified atom stereocenters. The summed E-state index contributed by atoms with van der Waals surface area (Å²) in [6.45, 7) is 0. The second-order valence-corrected chi connectivity index (χ2v) is 9.31. The summed E-state index contributed by atoms with van der Waals surface area (Å²) in [4.78, 5) is 12.6. The Hall–Kier alpha value is -3.72. The van der Waals surface area contributed by atoms with E-state index in [1.807, 2.05) is 60.7 Å². The Morgan fingerprint density at radius 2 is 1.77 bits per heavy atom. The highest BCUT2D eigenvalue weighted by molar-refractivity contribution is 7.90. The summed E-state index contributed by atoms with van der Waals surface area (Å²) in [6.07, 6.45) is 4.25. The van der Waals surface area contributed by atoms with Crippen LogP contribution in [0, 0.1) is 0 Å². The van der Waals surface area contributed by atoms with Gasteiger partial charge in [-0.3, -0.25) is 9.48 Å². The van der Waals surface area contributed by atoms with E-state index in [9.17, 15) is 13.2 Å². The lowest BCUT2D eigenvalue weighted by molar-refractivity contribution is 0.101. The van der Waals surface area contributed by atoms with Crippen molar-refractivity contribution >= 4 is 21.4 Å². The van der Waals surface area contributed by atoms with E-state index < -0.39 is 21.8 Å². The number of carbonyl (C=O) groups excluding carboxylic acids is 1. The van der Waals surface area contributed by atoms with Crippen molar-refractivity contribution in [2.24, 2.45) is 0 Å². The third-order valence-electron chi connectivity index (χ3n) is 4.62. The Kier molecular flexibility index (Phi) is 5.68. The Balaban J connectivity index is 1.53. The summed E-state index contributed by atoms with van der Waals surface area (Å²) in [5.74, 6) is -0.0842. The van der Waals surface area contributed by atoms with Gasteiger partial charge in [0.2, 0.25) is 0 Å². The first-order valence-electron chi connectivity index (χ1n) is 9.49. The normalized spacial score (nSPS) is 12.4. The van der Waals surface area contributed by atoms with Crippen LogP contribution in [0.5, 0.6) is 0 Å². The summed E-state index contributed by atoms with van der Waals surface area (Å²) >= 11 is 0. The molecule has 0 radical (unpaired) electrons. The molecule has 1 amide bonds. The minimum absolute atomic E-state index is 0.115. The molecule has 1 atom stereocenters. The maximum atomic E-state index is 12.6. The SMILES string of the molecule is CS(=O)(=O)CC(c1ccccc1)n1cc(NC(=O)c2cc(-c3ccccc3)on2)cn1. The molecular formula is C22H20N4O4S. The maximum Gasteiger partial charge on any atom is 0.277 e. The summed E-state index contributed by atoms with van der Waals surface area (Å²) in [6, 6.07) is 19.6. The van der Waals surface area contributed by atoms with Gasteiger partial charge in [-0.1, -0.05) is 65.8 Å².